The van der Waals surface area contributed by atoms with Gasteiger partial charge in [-0.3, -0.25) is 14.5 Å². The number of aryl methyl sites for hydroxylation is 1. The van der Waals surface area contributed by atoms with E-state index in [1.165, 1.54) is 16.8 Å². The van der Waals surface area contributed by atoms with Gasteiger partial charge in [0.2, 0.25) is 5.91 Å². The smallest absolute Gasteiger partial charge is 0.275 e. The summed E-state index contributed by atoms with van der Waals surface area (Å²) in [4.78, 5) is 27.5. The predicted molar refractivity (Wildman–Crippen MR) is 114 cm³/mol. The maximum Gasteiger partial charge on any atom is 0.275 e. The molecule has 156 valence electrons. The van der Waals surface area contributed by atoms with E-state index >= 15 is 0 Å². The van der Waals surface area contributed by atoms with Gasteiger partial charge < -0.3 is 5.32 Å². The van der Waals surface area contributed by atoms with E-state index in [-0.39, 0.29) is 29.9 Å². The SMILES string of the molecule is Cc1nn(CC(=O)NC2CCN(Cc3ccc(F)cc3)CC2)c(=O)c2ccccc12. The standard InChI is InChI=1S/C23H25FN4O2/c1-16-20-4-2-3-5-21(20)23(30)28(26-16)15-22(29)25-19-10-12-27(13-11-19)14-17-6-8-18(24)9-7-17/h2-9,19H,10-15H2,1H3,(H,25,29). The molecular formula is C23H25FN4O2. The highest BCUT2D eigenvalue weighted by Gasteiger charge is 2.21. The first-order valence-corrected chi connectivity index (χ1v) is 10.2. The Hall–Kier alpha value is -3.06. The number of nitrogens with one attached hydrogen (secondary N) is 1. The van der Waals surface area contributed by atoms with E-state index in [9.17, 15) is 14.0 Å². The van der Waals surface area contributed by atoms with Gasteiger partial charge in [0.25, 0.3) is 5.56 Å². The fourth-order valence-electron chi connectivity index (χ4n) is 4.00. The highest BCUT2D eigenvalue weighted by atomic mass is 19.1. The van der Waals surface area contributed by atoms with Crippen molar-refractivity contribution in [3.8, 4) is 0 Å². The van der Waals surface area contributed by atoms with Crippen LogP contribution in [0.3, 0.4) is 0 Å². The lowest BCUT2D eigenvalue weighted by Crippen LogP contribution is -2.46. The Labute approximate surface area is 174 Å². The van der Waals surface area contributed by atoms with Crippen LogP contribution in [0.1, 0.15) is 24.1 Å². The van der Waals surface area contributed by atoms with Crippen LogP contribution in [0.5, 0.6) is 0 Å². The lowest BCUT2D eigenvalue weighted by molar-refractivity contribution is -0.122. The van der Waals surface area contributed by atoms with Gasteiger partial charge in [-0.25, -0.2) is 9.07 Å². The molecule has 0 bridgehead atoms. The van der Waals surface area contributed by atoms with Gasteiger partial charge in [-0.2, -0.15) is 5.10 Å². The number of rotatable bonds is 5. The molecule has 2 heterocycles. The van der Waals surface area contributed by atoms with Gasteiger partial charge in [0.1, 0.15) is 12.4 Å². The first-order valence-electron chi connectivity index (χ1n) is 10.2. The average molecular weight is 408 g/mol. The van der Waals surface area contributed by atoms with Crippen molar-refractivity contribution in [3.05, 3.63) is 76.0 Å². The van der Waals surface area contributed by atoms with Crippen molar-refractivity contribution >= 4 is 16.7 Å². The number of aromatic nitrogens is 2. The van der Waals surface area contributed by atoms with Crippen molar-refractivity contribution in [1.82, 2.24) is 20.0 Å². The van der Waals surface area contributed by atoms with Gasteiger partial charge in [0.05, 0.1) is 11.1 Å². The van der Waals surface area contributed by atoms with E-state index in [1.54, 1.807) is 18.2 Å². The quantitative estimate of drug-likeness (QED) is 0.705. The van der Waals surface area contributed by atoms with Crippen molar-refractivity contribution in [1.29, 1.82) is 0 Å². The molecule has 1 aliphatic rings. The summed E-state index contributed by atoms with van der Waals surface area (Å²) >= 11 is 0. The van der Waals surface area contributed by atoms with Crippen molar-refractivity contribution in [2.45, 2.75) is 38.9 Å². The third kappa shape index (κ3) is 4.57. The molecule has 0 atom stereocenters. The zero-order chi connectivity index (χ0) is 21.1. The molecule has 0 spiro atoms. The van der Waals surface area contributed by atoms with Gasteiger partial charge in [-0.15, -0.1) is 0 Å². The zero-order valence-electron chi connectivity index (χ0n) is 17.0. The molecule has 1 amide bonds. The number of carbonyl (C=O) groups is 1. The van der Waals surface area contributed by atoms with Gasteiger partial charge >= 0.3 is 0 Å². The highest BCUT2D eigenvalue weighted by molar-refractivity contribution is 5.83. The van der Waals surface area contributed by atoms with Crippen LogP contribution < -0.4 is 10.9 Å². The van der Waals surface area contributed by atoms with Crippen molar-refractivity contribution < 1.29 is 9.18 Å². The second kappa shape index (κ2) is 8.75. The summed E-state index contributed by atoms with van der Waals surface area (Å²) in [7, 11) is 0. The molecule has 1 saturated heterocycles. The van der Waals surface area contributed by atoms with Gasteiger partial charge in [0, 0.05) is 31.1 Å². The van der Waals surface area contributed by atoms with E-state index in [2.05, 4.69) is 15.3 Å². The Morgan fingerprint density at radius 1 is 1.10 bits per heavy atom. The van der Waals surface area contributed by atoms with Crippen molar-refractivity contribution in [3.63, 3.8) is 0 Å². The van der Waals surface area contributed by atoms with E-state index < -0.39 is 0 Å². The van der Waals surface area contributed by atoms with E-state index in [1.807, 2.05) is 25.1 Å². The average Bonchev–Trinajstić information content (AvgIpc) is 2.75. The molecular weight excluding hydrogens is 383 g/mol. The van der Waals surface area contributed by atoms with E-state index in [0.29, 0.717) is 5.39 Å². The number of carbonyl (C=O) groups excluding carboxylic acids is 1. The Bertz CT molecular complexity index is 1100. The second-order valence-corrected chi connectivity index (χ2v) is 7.84. The summed E-state index contributed by atoms with van der Waals surface area (Å²) in [5, 5.41) is 8.73. The topological polar surface area (TPSA) is 67.2 Å². The lowest BCUT2D eigenvalue weighted by Gasteiger charge is -2.32. The van der Waals surface area contributed by atoms with Gasteiger partial charge in [0.15, 0.2) is 0 Å². The minimum Gasteiger partial charge on any atom is -0.352 e. The number of benzene rings is 2. The van der Waals surface area contributed by atoms with E-state index in [0.717, 1.165) is 49.1 Å². The molecule has 0 radical (unpaired) electrons. The first kappa shape index (κ1) is 20.2. The molecule has 30 heavy (non-hydrogen) atoms. The number of halogens is 1. The molecule has 1 fully saturated rings. The normalized spacial score (nSPS) is 15.4. The molecule has 2 aromatic carbocycles. The van der Waals surface area contributed by atoms with Gasteiger partial charge in [-0.05, 0) is 43.5 Å². The summed E-state index contributed by atoms with van der Waals surface area (Å²) in [5.74, 6) is -0.424. The molecule has 1 aliphatic heterocycles. The number of likely N-dealkylation sites (tertiary alicyclic amines) is 1. The van der Waals surface area contributed by atoms with Crippen LogP contribution in [-0.4, -0.2) is 39.7 Å². The van der Waals surface area contributed by atoms with Crippen molar-refractivity contribution in [2.24, 2.45) is 0 Å². The summed E-state index contributed by atoms with van der Waals surface area (Å²) in [6, 6.07) is 14.0. The number of amides is 1. The molecule has 1 N–H and O–H groups in total. The third-order valence-electron chi connectivity index (χ3n) is 5.62. The third-order valence-corrected chi connectivity index (χ3v) is 5.62. The monoisotopic (exact) mass is 408 g/mol. The maximum atomic E-state index is 13.0. The van der Waals surface area contributed by atoms with Crippen LogP contribution in [0, 0.1) is 12.7 Å². The predicted octanol–water partition coefficient (Wildman–Crippen LogP) is 2.62. The molecule has 0 unspecified atom stereocenters. The molecule has 1 aromatic heterocycles. The molecule has 0 aliphatic carbocycles. The molecule has 4 rings (SSSR count). The number of piperidine rings is 1. The maximum absolute atomic E-state index is 13.0. The fourth-order valence-corrected chi connectivity index (χ4v) is 4.00. The van der Waals surface area contributed by atoms with E-state index in [4.69, 9.17) is 0 Å². The molecule has 7 heteroatoms. The molecule has 3 aromatic rings. The summed E-state index contributed by atoms with van der Waals surface area (Å²) in [6.07, 6.45) is 1.68. The first-order chi connectivity index (χ1) is 14.5. The zero-order valence-corrected chi connectivity index (χ0v) is 17.0. The molecule has 0 saturated carbocycles. The Kier molecular flexibility index (Phi) is 5.90. The Morgan fingerprint density at radius 3 is 2.47 bits per heavy atom. The van der Waals surface area contributed by atoms with Gasteiger partial charge in [-0.1, -0.05) is 30.3 Å². The van der Waals surface area contributed by atoms with Crippen LogP contribution in [0.2, 0.25) is 0 Å². The minimum atomic E-state index is -0.250. The largest absolute Gasteiger partial charge is 0.352 e. The fraction of sp³-hybridized carbons (Fsp3) is 0.348. The number of fused-ring (bicyclic) bond motifs is 1. The van der Waals surface area contributed by atoms with Crippen LogP contribution in [0.15, 0.2) is 53.3 Å². The summed E-state index contributed by atoms with van der Waals surface area (Å²) < 4.78 is 14.3. The van der Waals surface area contributed by atoms with Crippen LogP contribution >= 0.6 is 0 Å². The summed E-state index contributed by atoms with van der Waals surface area (Å²) in [5.41, 5.74) is 1.56. The molecule has 6 nitrogen and oxygen atoms in total. The van der Waals surface area contributed by atoms with Crippen LogP contribution in [0.25, 0.3) is 10.8 Å². The highest BCUT2D eigenvalue weighted by Crippen LogP contribution is 2.15. The van der Waals surface area contributed by atoms with Crippen molar-refractivity contribution in [2.75, 3.05) is 13.1 Å². The van der Waals surface area contributed by atoms with Crippen LogP contribution in [0.4, 0.5) is 4.39 Å². The second-order valence-electron chi connectivity index (χ2n) is 7.84. The number of hydrogen-bond acceptors (Lipinski definition) is 4. The number of hydrogen-bond donors (Lipinski definition) is 1. The number of nitrogens with zero attached hydrogens (tertiary/aromatic N) is 3. The Morgan fingerprint density at radius 2 is 1.77 bits per heavy atom. The van der Waals surface area contributed by atoms with Crippen LogP contribution in [-0.2, 0) is 17.9 Å². The summed E-state index contributed by atoms with van der Waals surface area (Å²) in [6.45, 7) is 4.25. The minimum absolute atomic E-state index is 0.0826. The Balaban J connectivity index is 1.32. The lowest BCUT2D eigenvalue weighted by atomic mass is 10.0.